The quantitative estimate of drug-likeness (QED) is 0.189. The molecule has 3 atom stereocenters. The number of nitrogens with one attached hydrogen (secondary N) is 3. The summed E-state index contributed by atoms with van der Waals surface area (Å²) >= 11 is 0. The lowest BCUT2D eigenvalue weighted by Gasteiger charge is -2.24. The van der Waals surface area contributed by atoms with Crippen molar-refractivity contribution in [2.24, 2.45) is 5.92 Å². The molecule has 0 spiro atoms. The Labute approximate surface area is 174 Å². The molecule has 0 heterocycles. The van der Waals surface area contributed by atoms with Crippen molar-refractivity contribution < 1.29 is 24.7 Å². The molecule has 160 valence electrons. The van der Waals surface area contributed by atoms with Gasteiger partial charge in [0.2, 0.25) is 11.8 Å². The third-order valence-corrected chi connectivity index (χ3v) is 4.69. The molecule has 0 aliphatic carbocycles. The predicted molar refractivity (Wildman–Crippen MR) is 110 cm³/mol. The smallest absolute Gasteiger partial charge is 0.272 e. The third kappa shape index (κ3) is 6.29. The van der Waals surface area contributed by atoms with E-state index in [1.54, 1.807) is 24.3 Å². The molecule has 0 fully saturated rings. The largest absolute Gasteiger partial charge is 0.399 e. The molecule has 0 radical (unpaired) electrons. The van der Waals surface area contributed by atoms with E-state index in [0.717, 1.165) is 5.56 Å². The van der Waals surface area contributed by atoms with Gasteiger partial charge in [-0.2, -0.15) is 0 Å². The molecule has 0 bridgehead atoms. The van der Waals surface area contributed by atoms with Gasteiger partial charge in [0, 0.05) is 19.2 Å². The molecule has 0 unspecified atom stereocenters. The van der Waals surface area contributed by atoms with Crippen LogP contribution in [0.15, 0.2) is 54.6 Å². The molecule has 2 aromatic rings. The van der Waals surface area contributed by atoms with Crippen molar-refractivity contribution >= 4 is 23.4 Å². The summed E-state index contributed by atoms with van der Waals surface area (Å²) in [5, 5.41) is 24.3. The number of hydroxylamine groups is 1. The number of carbonyl (C=O) groups excluding carboxylic acids is 3. The molecule has 3 amide bonds. The van der Waals surface area contributed by atoms with Gasteiger partial charge in [-0.05, 0) is 29.7 Å². The lowest BCUT2D eigenvalue weighted by Crippen LogP contribution is -2.52. The number of rotatable bonds is 9. The molecule has 0 aromatic heterocycles. The van der Waals surface area contributed by atoms with Gasteiger partial charge < -0.3 is 21.5 Å². The molecule has 9 nitrogen and oxygen atoms in total. The van der Waals surface area contributed by atoms with Gasteiger partial charge in [0.05, 0.1) is 5.92 Å². The maximum absolute atomic E-state index is 13.0. The first-order chi connectivity index (χ1) is 14.3. The maximum atomic E-state index is 13.0. The minimum Gasteiger partial charge on any atom is -0.399 e. The Bertz CT molecular complexity index is 857. The molecule has 2 aromatic carbocycles. The molecular weight excluding hydrogens is 388 g/mol. The van der Waals surface area contributed by atoms with Crippen LogP contribution in [-0.2, 0) is 27.2 Å². The normalized spacial score (nSPS) is 13.6. The topological polar surface area (TPSA) is 154 Å². The standard InChI is InChI=1S/C21H26N4O5/c1-23-20(28)17(12-13-5-3-2-4-6-13)24-19(27)16(18(26)21(29)25-30)11-14-7-9-15(22)10-8-14/h2-10,16-18,26,30H,11-12,22H2,1H3,(H,23,28)(H,24,27)(H,25,29)/t16-,17+,18+/m1/s1. The number of hydrogen-bond donors (Lipinski definition) is 6. The molecule has 0 saturated carbocycles. The Hall–Kier alpha value is -3.43. The summed E-state index contributed by atoms with van der Waals surface area (Å²) in [6.07, 6.45) is -1.61. The van der Waals surface area contributed by atoms with Crippen molar-refractivity contribution in [2.45, 2.75) is 25.0 Å². The van der Waals surface area contributed by atoms with Crippen LogP contribution in [0.25, 0.3) is 0 Å². The molecule has 0 aliphatic heterocycles. The van der Waals surface area contributed by atoms with Gasteiger partial charge in [0.1, 0.15) is 12.1 Å². The van der Waals surface area contributed by atoms with Crippen molar-refractivity contribution in [3.63, 3.8) is 0 Å². The maximum Gasteiger partial charge on any atom is 0.272 e. The van der Waals surface area contributed by atoms with Crippen molar-refractivity contribution in [3.8, 4) is 0 Å². The highest BCUT2D eigenvalue weighted by molar-refractivity contribution is 5.92. The van der Waals surface area contributed by atoms with Gasteiger partial charge in [-0.15, -0.1) is 0 Å². The monoisotopic (exact) mass is 414 g/mol. The third-order valence-electron chi connectivity index (χ3n) is 4.69. The molecule has 2 rings (SSSR count). The van der Waals surface area contributed by atoms with E-state index in [-0.39, 0.29) is 12.8 Å². The van der Waals surface area contributed by atoms with Crippen LogP contribution in [0.4, 0.5) is 5.69 Å². The molecule has 30 heavy (non-hydrogen) atoms. The summed E-state index contributed by atoms with van der Waals surface area (Å²) in [6, 6.07) is 14.8. The molecular formula is C21H26N4O5. The molecule has 0 aliphatic rings. The van der Waals surface area contributed by atoms with Gasteiger partial charge in [-0.3, -0.25) is 19.6 Å². The van der Waals surface area contributed by atoms with E-state index in [9.17, 15) is 19.5 Å². The second kappa shape index (κ2) is 10.9. The van der Waals surface area contributed by atoms with E-state index in [1.165, 1.54) is 12.5 Å². The Morgan fingerprint density at radius 2 is 1.50 bits per heavy atom. The summed E-state index contributed by atoms with van der Waals surface area (Å²) in [5.41, 5.74) is 9.02. The number of nitrogen functional groups attached to an aromatic ring is 1. The zero-order valence-electron chi connectivity index (χ0n) is 16.5. The molecule has 9 heteroatoms. The van der Waals surface area contributed by atoms with Crippen LogP contribution < -0.4 is 21.8 Å². The summed E-state index contributed by atoms with van der Waals surface area (Å²) < 4.78 is 0. The zero-order valence-corrected chi connectivity index (χ0v) is 16.5. The highest BCUT2D eigenvalue weighted by Crippen LogP contribution is 2.16. The van der Waals surface area contributed by atoms with Gasteiger partial charge in [-0.25, -0.2) is 5.48 Å². The molecule has 0 saturated heterocycles. The highest BCUT2D eigenvalue weighted by Gasteiger charge is 2.34. The number of anilines is 1. The minimum absolute atomic E-state index is 0.00744. The summed E-state index contributed by atoms with van der Waals surface area (Å²) in [4.78, 5) is 37.0. The van der Waals surface area contributed by atoms with E-state index in [4.69, 9.17) is 10.9 Å². The fourth-order valence-electron chi connectivity index (χ4n) is 3.02. The predicted octanol–water partition coefficient (Wildman–Crippen LogP) is -0.233. The van der Waals surface area contributed by atoms with Crippen LogP contribution in [0.2, 0.25) is 0 Å². The second-order valence-corrected chi connectivity index (χ2v) is 6.84. The molecule has 7 N–H and O–H groups in total. The van der Waals surface area contributed by atoms with Gasteiger partial charge in [0.25, 0.3) is 5.91 Å². The first-order valence-electron chi connectivity index (χ1n) is 9.38. The lowest BCUT2D eigenvalue weighted by atomic mass is 9.91. The van der Waals surface area contributed by atoms with E-state index in [0.29, 0.717) is 11.3 Å². The average molecular weight is 414 g/mol. The fraction of sp³-hybridized carbons (Fsp3) is 0.286. The van der Waals surface area contributed by atoms with Crippen LogP contribution >= 0.6 is 0 Å². The Morgan fingerprint density at radius 1 is 0.900 bits per heavy atom. The van der Waals surface area contributed by atoms with Gasteiger partial charge in [-0.1, -0.05) is 42.5 Å². The number of benzene rings is 2. The van der Waals surface area contributed by atoms with Crippen molar-refractivity contribution in [3.05, 3.63) is 65.7 Å². The summed E-state index contributed by atoms with van der Waals surface area (Å²) in [5.74, 6) is -3.49. The Morgan fingerprint density at radius 3 is 2.07 bits per heavy atom. The number of amides is 3. The second-order valence-electron chi connectivity index (χ2n) is 6.84. The first kappa shape index (κ1) is 22.9. The van der Waals surface area contributed by atoms with E-state index in [1.807, 2.05) is 30.3 Å². The fourth-order valence-corrected chi connectivity index (χ4v) is 3.02. The highest BCUT2D eigenvalue weighted by atomic mass is 16.5. The number of aliphatic hydroxyl groups is 1. The van der Waals surface area contributed by atoms with Crippen LogP contribution in [-0.4, -0.2) is 47.2 Å². The van der Waals surface area contributed by atoms with E-state index >= 15 is 0 Å². The zero-order chi connectivity index (χ0) is 22.1. The van der Waals surface area contributed by atoms with Crippen LogP contribution in [0.3, 0.4) is 0 Å². The van der Waals surface area contributed by atoms with Crippen molar-refractivity contribution in [1.82, 2.24) is 16.1 Å². The van der Waals surface area contributed by atoms with Crippen LogP contribution in [0.5, 0.6) is 0 Å². The van der Waals surface area contributed by atoms with Crippen LogP contribution in [0, 0.1) is 5.92 Å². The van der Waals surface area contributed by atoms with E-state index < -0.39 is 35.8 Å². The van der Waals surface area contributed by atoms with Crippen LogP contribution in [0.1, 0.15) is 11.1 Å². The lowest BCUT2D eigenvalue weighted by molar-refractivity contribution is -0.146. The van der Waals surface area contributed by atoms with Crippen molar-refractivity contribution in [1.29, 1.82) is 0 Å². The summed E-state index contributed by atoms with van der Waals surface area (Å²) in [7, 11) is 1.45. The average Bonchev–Trinajstić information content (AvgIpc) is 2.77. The number of hydrogen-bond acceptors (Lipinski definition) is 6. The van der Waals surface area contributed by atoms with E-state index in [2.05, 4.69) is 10.6 Å². The SMILES string of the molecule is CNC(=O)[C@H](Cc1ccccc1)NC(=O)[C@H](Cc1ccc(N)cc1)[C@H](O)C(=O)NO. The first-order valence-corrected chi connectivity index (χ1v) is 9.38. The van der Waals surface area contributed by atoms with Crippen molar-refractivity contribution in [2.75, 3.05) is 12.8 Å². The number of nitrogens with two attached hydrogens (primary N) is 1. The number of likely N-dealkylation sites (N-methyl/N-ethyl adjacent to an activating group) is 1. The Kier molecular flexibility index (Phi) is 8.33. The number of carbonyl (C=O) groups is 3. The Balaban J connectivity index is 2.23. The number of aliphatic hydroxyl groups excluding tert-OH is 1. The summed E-state index contributed by atoms with van der Waals surface area (Å²) in [6.45, 7) is 0. The minimum atomic E-state index is -1.82. The van der Waals surface area contributed by atoms with Gasteiger partial charge in [0.15, 0.2) is 0 Å². The van der Waals surface area contributed by atoms with Gasteiger partial charge >= 0.3 is 0 Å².